The molecule has 0 saturated heterocycles. The number of dihydropyridines is 1. The van der Waals surface area contributed by atoms with E-state index in [1.165, 1.54) is 41.6 Å². The van der Waals surface area contributed by atoms with Crippen LogP contribution in [-0.2, 0) is 12.8 Å². The molecule has 3 rings (SSSR count). The molecule has 0 aromatic heterocycles. The molecule has 1 aliphatic carbocycles. The number of nitrogens with zero attached hydrogens (tertiary/aromatic N) is 1. The van der Waals surface area contributed by atoms with Gasteiger partial charge in [-0.05, 0) is 61.4 Å². The molecule has 2 heteroatoms. The Labute approximate surface area is 116 Å². The molecule has 1 heterocycles. The Bertz CT molecular complexity index is 498. The lowest BCUT2D eigenvalue weighted by Gasteiger charge is -2.14. The Hall–Kier alpha value is -1.57. The number of nitrogens with one attached hydrogen (secondary N) is 1. The molecule has 1 aliphatic heterocycles. The van der Waals surface area contributed by atoms with Crippen molar-refractivity contribution >= 4 is 11.5 Å². The zero-order chi connectivity index (χ0) is 13.7. The van der Waals surface area contributed by atoms with Gasteiger partial charge >= 0.3 is 0 Å². The fourth-order valence-electron chi connectivity index (χ4n) is 2.60. The Morgan fingerprint density at radius 2 is 1.89 bits per heavy atom. The summed E-state index contributed by atoms with van der Waals surface area (Å²) < 4.78 is 0. The first-order valence-corrected chi connectivity index (χ1v) is 7.43. The van der Waals surface area contributed by atoms with Crippen molar-refractivity contribution in [1.82, 2.24) is 0 Å². The van der Waals surface area contributed by atoms with Crippen molar-refractivity contribution in [1.29, 1.82) is 0 Å². The van der Waals surface area contributed by atoms with E-state index in [1.54, 1.807) is 0 Å². The number of aryl methyl sites for hydroxylation is 2. The maximum atomic E-state index is 4.54. The summed E-state index contributed by atoms with van der Waals surface area (Å²) in [5.74, 6) is 1.04. The predicted octanol–water partition coefficient (Wildman–Crippen LogP) is 4.36. The van der Waals surface area contributed by atoms with E-state index in [0.29, 0.717) is 0 Å². The number of hydrogen-bond donors (Lipinski definition) is 1. The van der Waals surface area contributed by atoms with Crippen LogP contribution < -0.4 is 5.32 Å². The van der Waals surface area contributed by atoms with Crippen molar-refractivity contribution in [2.24, 2.45) is 4.99 Å². The van der Waals surface area contributed by atoms with Gasteiger partial charge in [-0.1, -0.05) is 26.0 Å². The lowest BCUT2D eigenvalue weighted by molar-refractivity contribution is 0.912. The third kappa shape index (κ3) is 3.25. The molecule has 2 nitrogen and oxygen atoms in total. The van der Waals surface area contributed by atoms with E-state index in [9.17, 15) is 0 Å². The first-order valence-electron chi connectivity index (χ1n) is 7.43. The highest BCUT2D eigenvalue weighted by Gasteiger charge is 2.12. The fourth-order valence-corrected chi connectivity index (χ4v) is 2.60. The van der Waals surface area contributed by atoms with E-state index in [4.69, 9.17) is 0 Å². The van der Waals surface area contributed by atoms with E-state index >= 15 is 0 Å². The van der Waals surface area contributed by atoms with Crippen LogP contribution in [0.5, 0.6) is 0 Å². The molecule has 102 valence electrons. The van der Waals surface area contributed by atoms with Gasteiger partial charge in [0.2, 0.25) is 0 Å². The topological polar surface area (TPSA) is 24.4 Å². The van der Waals surface area contributed by atoms with Crippen molar-refractivity contribution < 1.29 is 0 Å². The highest BCUT2D eigenvalue weighted by Crippen LogP contribution is 2.25. The molecule has 0 unspecified atom stereocenters. The predicted molar refractivity (Wildman–Crippen MR) is 84.1 cm³/mol. The molecule has 19 heavy (non-hydrogen) atoms. The number of hydrogen-bond acceptors (Lipinski definition) is 2. The quantitative estimate of drug-likeness (QED) is 0.793. The van der Waals surface area contributed by atoms with Crippen LogP contribution >= 0.6 is 0 Å². The van der Waals surface area contributed by atoms with Gasteiger partial charge in [0.1, 0.15) is 5.84 Å². The van der Waals surface area contributed by atoms with Crippen LogP contribution in [0.15, 0.2) is 34.8 Å². The van der Waals surface area contributed by atoms with Crippen LogP contribution in [0, 0.1) is 0 Å². The Morgan fingerprint density at radius 3 is 2.68 bits per heavy atom. The Morgan fingerprint density at radius 1 is 1.11 bits per heavy atom. The second kappa shape index (κ2) is 6.55. The van der Waals surface area contributed by atoms with Crippen LogP contribution in [0.1, 0.15) is 44.7 Å². The normalized spacial score (nSPS) is 16.8. The highest BCUT2D eigenvalue weighted by molar-refractivity contribution is 6.07. The van der Waals surface area contributed by atoms with Gasteiger partial charge in [0.15, 0.2) is 0 Å². The highest BCUT2D eigenvalue weighted by atomic mass is 15.0. The summed E-state index contributed by atoms with van der Waals surface area (Å²) in [4.78, 5) is 4.54. The number of anilines is 1. The van der Waals surface area contributed by atoms with Gasteiger partial charge in [0.05, 0.1) is 0 Å². The molecule has 0 bridgehead atoms. The van der Waals surface area contributed by atoms with Gasteiger partial charge in [-0.3, -0.25) is 4.99 Å². The monoisotopic (exact) mass is 256 g/mol. The molecule has 1 aromatic rings. The molecule has 1 aromatic carbocycles. The Kier molecular flexibility index (Phi) is 4.78. The molecule has 0 spiro atoms. The molecule has 0 amide bonds. The average Bonchev–Trinajstić information content (AvgIpc) is 2.91. The van der Waals surface area contributed by atoms with Gasteiger partial charge < -0.3 is 5.32 Å². The van der Waals surface area contributed by atoms with Crippen LogP contribution in [0.2, 0.25) is 0 Å². The molecule has 0 fully saturated rings. The number of benzene rings is 1. The SMILES string of the molecule is CC.CC1=CCCN=C1Nc1ccc2c(c1)CCC2. The standard InChI is InChI=1S/C15H18N2.C2H6/c1-11-4-3-9-16-15(11)17-14-8-7-12-5-2-6-13(12)10-14;1-2/h4,7-8,10H,2-3,5-6,9H2,1H3,(H,16,17);1-2H3. The lowest BCUT2D eigenvalue weighted by atomic mass is 10.1. The minimum Gasteiger partial charge on any atom is -0.340 e. The molecular weight excluding hydrogens is 232 g/mol. The van der Waals surface area contributed by atoms with Gasteiger partial charge in [-0.2, -0.15) is 0 Å². The molecule has 1 N–H and O–H groups in total. The first-order chi connectivity index (χ1) is 9.33. The van der Waals surface area contributed by atoms with Crippen molar-refractivity contribution in [2.75, 3.05) is 11.9 Å². The molecule has 0 saturated carbocycles. The second-order valence-corrected chi connectivity index (χ2v) is 4.87. The van der Waals surface area contributed by atoms with Crippen LogP contribution in [0.4, 0.5) is 5.69 Å². The third-order valence-electron chi connectivity index (χ3n) is 3.58. The van der Waals surface area contributed by atoms with Crippen LogP contribution in [0.3, 0.4) is 0 Å². The smallest absolute Gasteiger partial charge is 0.127 e. The molecule has 0 radical (unpaired) electrons. The van der Waals surface area contributed by atoms with E-state index in [1.807, 2.05) is 13.8 Å². The Balaban J connectivity index is 0.000000637. The summed E-state index contributed by atoms with van der Waals surface area (Å²) >= 11 is 0. The molecule has 0 atom stereocenters. The zero-order valence-electron chi connectivity index (χ0n) is 12.3. The minimum absolute atomic E-state index is 0.907. The van der Waals surface area contributed by atoms with E-state index in [0.717, 1.165) is 18.8 Å². The van der Waals surface area contributed by atoms with Crippen molar-refractivity contribution in [2.45, 2.75) is 46.5 Å². The number of rotatable bonds is 1. The van der Waals surface area contributed by atoms with E-state index in [2.05, 4.69) is 41.5 Å². The fraction of sp³-hybridized carbons (Fsp3) is 0.471. The summed E-state index contributed by atoms with van der Waals surface area (Å²) in [6.45, 7) is 7.03. The summed E-state index contributed by atoms with van der Waals surface area (Å²) in [6.07, 6.45) is 7.10. The minimum atomic E-state index is 0.907. The summed E-state index contributed by atoms with van der Waals surface area (Å²) in [5, 5.41) is 3.44. The number of aliphatic imine (C=N–C) groups is 1. The average molecular weight is 256 g/mol. The van der Waals surface area contributed by atoms with Gasteiger partial charge in [-0.15, -0.1) is 0 Å². The number of fused-ring (bicyclic) bond motifs is 1. The maximum Gasteiger partial charge on any atom is 0.127 e. The van der Waals surface area contributed by atoms with Crippen LogP contribution in [-0.4, -0.2) is 12.4 Å². The third-order valence-corrected chi connectivity index (χ3v) is 3.58. The summed E-state index contributed by atoms with van der Waals surface area (Å²) in [6, 6.07) is 6.72. The van der Waals surface area contributed by atoms with Crippen molar-refractivity contribution in [3.8, 4) is 0 Å². The van der Waals surface area contributed by atoms with Gasteiger partial charge in [-0.25, -0.2) is 0 Å². The molecular formula is C17H24N2. The maximum absolute atomic E-state index is 4.54. The van der Waals surface area contributed by atoms with E-state index < -0.39 is 0 Å². The zero-order valence-corrected chi connectivity index (χ0v) is 12.3. The largest absolute Gasteiger partial charge is 0.340 e. The summed E-state index contributed by atoms with van der Waals surface area (Å²) in [7, 11) is 0. The van der Waals surface area contributed by atoms with E-state index in [-0.39, 0.29) is 0 Å². The molecule has 2 aliphatic rings. The summed E-state index contributed by atoms with van der Waals surface area (Å²) in [5.41, 5.74) is 5.47. The van der Waals surface area contributed by atoms with Gasteiger partial charge in [0.25, 0.3) is 0 Å². The lowest BCUT2D eigenvalue weighted by Crippen LogP contribution is -2.16. The first kappa shape index (κ1) is 13.9. The van der Waals surface area contributed by atoms with Gasteiger partial charge in [0, 0.05) is 12.2 Å². The number of amidine groups is 1. The van der Waals surface area contributed by atoms with Crippen molar-refractivity contribution in [3.63, 3.8) is 0 Å². The second-order valence-electron chi connectivity index (χ2n) is 4.87. The van der Waals surface area contributed by atoms with Crippen LogP contribution in [0.25, 0.3) is 0 Å². The van der Waals surface area contributed by atoms with Crippen molar-refractivity contribution in [3.05, 3.63) is 41.0 Å².